The van der Waals surface area contributed by atoms with Crippen LogP contribution in [0.15, 0.2) is 77.9 Å². The fourth-order valence-corrected chi connectivity index (χ4v) is 5.41. The molecule has 1 aliphatic heterocycles. The molecule has 0 radical (unpaired) electrons. The van der Waals surface area contributed by atoms with E-state index >= 15 is 0 Å². The lowest BCUT2D eigenvalue weighted by atomic mass is 9.94. The van der Waals surface area contributed by atoms with Crippen molar-refractivity contribution in [3.63, 3.8) is 0 Å². The largest absolute Gasteiger partial charge is 0.384 e. The van der Waals surface area contributed by atoms with E-state index in [0.717, 1.165) is 47.9 Å². The SMILES string of the molecule is Nc1[nH]ncc1-c1ccccc1.O=C1c2nc3c(-c4ccccc4)c[nH]n3c(=O)c2CN1C1CCCCC1. The number of fused-ring (bicyclic) bond motifs is 2. The molecule has 38 heavy (non-hydrogen) atoms. The monoisotopic (exact) mass is 507 g/mol. The third-order valence-corrected chi connectivity index (χ3v) is 7.40. The quantitative estimate of drug-likeness (QED) is 0.328. The molecule has 0 spiro atoms. The molecule has 192 valence electrons. The molecule has 2 aliphatic rings. The maximum absolute atomic E-state index is 13.0. The standard InChI is InChI=1S/C20H20N4O2.C9H9N3/c25-19-16-12-23(14-9-5-2-6-10-14)20(26)17(16)22-18-15(11-21-24(18)19)13-7-3-1-4-8-13;10-9-8(6-11-12-9)7-4-2-1-3-5-7/h1,3-4,7-8,11,14,21H,2,5-6,9-10,12H2;1-6H,(H3,10,11,12). The van der Waals surface area contributed by atoms with Crippen molar-refractivity contribution in [2.75, 3.05) is 5.73 Å². The molecule has 9 heteroatoms. The molecule has 4 N–H and O–H groups in total. The molecule has 4 heterocycles. The molecule has 0 saturated heterocycles. The van der Waals surface area contributed by atoms with Crippen molar-refractivity contribution in [3.8, 4) is 22.3 Å². The van der Waals surface area contributed by atoms with Crippen LogP contribution < -0.4 is 11.3 Å². The lowest BCUT2D eigenvalue weighted by Gasteiger charge is -2.30. The molecule has 1 fully saturated rings. The highest BCUT2D eigenvalue weighted by Gasteiger charge is 2.37. The molecule has 2 aromatic carbocycles. The number of nitrogens with zero attached hydrogens (tertiary/aromatic N) is 4. The summed E-state index contributed by atoms with van der Waals surface area (Å²) in [6.45, 7) is 0.382. The summed E-state index contributed by atoms with van der Waals surface area (Å²) < 4.78 is 1.46. The van der Waals surface area contributed by atoms with Gasteiger partial charge in [0.15, 0.2) is 5.65 Å². The van der Waals surface area contributed by atoms with Crippen LogP contribution in [0.2, 0.25) is 0 Å². The van der Waals surface area contributed by atoms with Gasteiger partial charge >= 0.3 is 0 Å². The summed E-state index contributed by atoms with van der Waals surface area (Å²) in [5.74, 6) is 0.521. The number of hydrogen-bond donors (Lipinski definition) is 3. The van der Waals surface area contributed by atoms with Gasteiger partial charge in [0.1, 0.15) is 11.5 Å². The second-order valence-electron chi connectivity index (χ2n) is 9.74. The summed E-state index contributed by atoms with van der Waals surface area (Å²) in [5.41, 5.74) is 10.7. The van der Waals surface area contributed by atoms with Gasteiger partial charge in [0.25, 0.3) is 11.5 Å². The van der Waals surface area contributed by atoms with Crippen LogP contribution in [0, 0.1) is 0 Å². The van der Waals surface area contributed by atoms with E-state index in [1.807, 2.05) is 65.6 Å². The summed E-state index contributed by atoms with van der Waals surface area (Å²) >= 11 is 0. The van der Waals surface area contributed by atoms with Gasteiger partial charge in [-0.05, 0) is 24.0 Å². The number of aromatic nitrogens is 5. The van der Waals surface area contributed by atoms with Crippen molar-refractivity contribution in [2.45, 2.75) is 44.7 Å². The van der Waals surface area contributed by atoms with Gasteiger partial charge < -0.3 is 10.6 Å². The van der Waals surface area contributed by atoms with Gasteiger partial charge in [-0.3, -0.25) is 19.8 Å². The predicted molar refractivity (Wildman–Crippen MR) is 146 cm³/mol. The van der Waals surface area contributed by atoms with E-state index in [9.17, 15) is 9.59 Å². The van der Waals surface area contributed by atoms with E-state index < -0.39 is 0 Å². The second kappa shape index (κ2) is 10.0. The van der Waals surface area contributed by atoms with E-state index in [1.165, 1.54) is 10.9 Å². The Labute approximate surface area is 219 Å². The van der Waals surface area contributed by atoms with Crippen LogP contribution in [0.3, 0.4) is 0 Å². The molecular weight excluding hydrogens is 478 g/mol. The highest BCUT2D eigenvalue weighted by molar-refractivity contribution is 5.97. The van der Waals surface area contributed by atoms with Gasteiger partial charge in [0, 0.05) is 23.4 Å². The Morgan fingerprint density at radius 2 is 1.53 bits per heavy atom. The Balaban J connectivity index is 0.000000184. The third kappa shape index (κ3) is 4.26. The number of anilines is 1. The van der Waals surface area contributed by atoms with Crippen LogP contribution in [-0.2, 0) is 6.54 Å². The first-order chi connectivity index (χ1) is 18.6. The number of nitrogens with two attached hydrogens (primary N) is 1. The van der Waals surface area contributed by atoms with E-state index in [4.69, 9.17) is 5.73 Å². The topological polar surface area (TPSA) is 125 Å². The van der Waals surface area contributed by atoms with Crippen molar-refractivity contribution in [3.05, 3.63) is 94.7 Å². The summed E-state index contributed by atoms with van der Waals surface area (Å²) in [7, 11) is 0. The number of nitrogen functional groups attached to an aromatic ring is 1. The molecule has 1 amide bonds. The zero-order chi connectivity index (χ0) is 26.1. The molecule has 0 bridgehead atoms. The maximum atomic E-state index is 13.0. The molecular formula is C29H29N7O2. The van der Waals surface area contributed by atoms with Crippen LogP contribution in [0.5, 0.6) is 0 Å². The Morgan fingerprint density at radius 3 is 2.16 bits per heavy atom. The fraction of sp³-hybridized carbons (Fsp3) is 0.241. The van der Waals surface area contributed by atoms with E-state index in [0.29, 0.717) is 29.3 Å². The number of H-pyrrole nitrogens is 2. The molecule has 5 aromatic rings. The van der Waals surface area contributed by atoms with Gasteiger partial charge in [-0.2, -0.15) is 5.10 Å². The minimum absolute atomic E-state index is 0.0910. The average Bonchev–Trinajstić information content (AvgIpc) is 3.68. The van der Waals surface area contributed by atoms with Crippen molar-refractivity contribution >= 4 is 17.4 Å². The first kappa shape index (κ1) is 23.7. The normalized spacial score (nSPS) is 15.4. The molecule has 7 rings (SSSR count). The molecule has 1 saturated carbocycles. The van der Waals surface area contributed by atoms with Crippen LogP contribution in [0.1, 0.15) is 48.2 Å². The van der Waals surface area contributed by atoms with Crippen LogP contribution in [0.25, 0.3) is 27.9 Å². The van der Waals surface area contributed by atoms with Gasteiger partial charge in [-0.25, -0.2) is 9.50 Å². The summed E-state index contributed by atoms with van der Waals surface area (Å²) in [6, 6.07) is 19.9. The zero-order valence-electron chi connectivity index (χ0n) is 20.9. The predicted octanol–water partition coefficient (Wildman–Crippen LogP) is 4.64. The van der Waals surface area contributed by atoms with Crippen molar-refractivity contribution in [1.82, 2.24) is 29.7 Å². The average molecular weight is 508 g/mol. The first-order valence-corrected chi connectivity index (χ1v) is 13.0. The highest BCUT2D eigenvalue weighted by atomic mass is 16.2. The lowest BCUT2D eigenvalue weighted by molar-refractivity contribution is 0.0656. The van der Waals surface area contributed by atoms with Crippen molar-refractivity contribution < 1.29 is 4.79 Å². The molecule has 3 aromatic heterocycles. The highest BCUT2D eigenvalue weighted by Crippen LogP contribution is 2.30. The first-order valence-electron chi connectivity index (χ1n) is 13.0. The molecule has 0 unspecified atom stereocenters. The minimum atomic E-state index is -0.168. The smallest absolute Gasteiger partial charge is 0.278 e. The Bertz CT molecular complexity index is 1630. The Morgan fingerprint density at radius 1 is 0.868 bits per heavy atom. The fourth-order valence-electron chi connectivity index (χ4n) is 5.41. The number of amides is 1. The number of carbonyl (C=O) groups is 1. The summed E-state index contributed by atoms with van der Waals surface area (Å²) in [5, 5.41) is 9.55. The molecule has 0 atom stereocenters. The maximum Gasteiger partial charge on any atom is 0.278 e. The zero-order valence-corrected chi connectivity index (χ0v) is 20.9. The Hall–Kier alpha value is -4.66. The number of rotatable bonds is 3. The van der Waals surface area contributed by atoms with Crippen molar-refractivity contribution in [2.24, 2.45) is 0 Å². The van der Waals surface area contributed by atoms with Gasteiger partial charge in [-0.15, -0.1) is 0 Å². The molecule has 9 nitrogen and oxygen atoms in total. The summed E-state index contributed by atoms with van der Waals surface area (Å²) in [4.78, 5) is 32.4. The molecule has 1 aliphatic carbocycles. The van der Waals surface area contributed by atoms with Crippen molar-refractivity contribution in [1.29, 1.82) is 0 Å². The van der Waals surface area contributed by atoms with Gasteiger partial charge in [0.05, 0.1) is 18.3 Å². The van der Waals surface area contributed by atoms with Gasteiger partial charge in [0.2, 0.25) is 0 Å². The van der Waals surface area contributed by atoms with E-state index in [-0.39, 0.29) is 17.5 Å². The van der Waals surface area contributed by atoms with E-state index in [1.54, 1.807) is 12.4 Å². The van der Waals surface area contributed by atoms with Crippen LogP contribution >= 0.6 is 0 Å². The number of carbonyl (C=O) groups excluding carboxylic acids is 1. The number of aromatic amines is 2. The number of benzene rings is 2. The number of hydrogen-bond acceptors (Lipinski definition) is 5. The van der Waals surface area contributed by atoms with Gasteiger partial charge in [-0.1, -0.05) is 79.9 Å². The van der Waals surface area contributed by atoms with E-state index in [2.05, 4.69) is 20.3 Å². The lowest BCUT2D eigenvalue weighted by Crippen LogP contribution is -2.37. The number of nitrogens with one attached hydrogen (secondary N) is 2. The van der Waals surface area contributed by atoms with Crippen LogP contribution in [0.4, 0.5) is 5.82 Å². The summed E-state index contributed by atoms with van der Waals surface area (Å²) in [6.07, 6.45) is 9.08. The third-order valence-electron chi connectivity index (χ3n) is 7.40. The Kier molecular flexibility index (Phi) is 6.25. The minimum Gasteiger partial charge on any atom is -0.384 e. The van der Waals surface area contributed by atoms with Crippen LogP contribution in [-0.4, -0.2) is 41.6 Å². The second-order valence-corrected chi connectivity index (χ2v) is 9.74.